The van der Waals surface area contributed by atoms with Crippen LogP contribution in [0.15, 0.2) is 18.2 Å². The van der Waals surface area contributed by atoms with Crippen molar-refractivity contribution in [2.45, 2.75) is 12.6 Å². The fourth-order valence-corrected chi connectivity index (χ4v) is 1.76. The quantitative estimate of drug-likeness (QED) is 0.669. The molecular formula is C11H15ClFN3O2. The van der Waals surface area contributed by atoms with Crippen molar-refractivity contribution in [1.29, 1.82) is 0 Å². The van der Waals surface area contributed by atoms with Crippen LogP contribution in [0.1, 0.15) is 5.56 Å². The van der Waals surface area contributed by atoms with Crippen LogP contribution in [0.3, 0.4) is 0 Å². The zero-order valence-electron chi connectivity index (χ0n) is 9.93. The number of rotatable bonds is 4. The van der Waals surface area contributed by atoms with E-state index in [-0.39, 0.29) is 18.1 Å². The summed E-state index contributed by atoms with van der Waals surface area (Å²) in [6.45, 7) is 2.28. The first-order valence-corrected chi connectivity index (χ1v) is 5.41. The van der Waals surface area contributed by atoms with Crippen LogP contribution in [-0.2, 0) is 6.54 Å². The van der Waals surface area contributed by atoms with E-state index >= 15 is 0 Å². The van der Waals surface area contributed by atoms with Gasteiger partial charge in [-0.05, 0) is 13.1 Å². The van der Waals surface area contributed by atoms with E-state index in [9.17, 15) is 14.5 Å². The summed E-state index contributed by atoms with van der Waals surface area (Å²) >= 11 is 0. The van der Waals surface area contributed by atoms with Crippen LogP contribution < -0.4 is 5.32 Å². The maximum Gasteiger partial charge on any atom is 0.272 e. The molecule has 1 aromatic rings. The van der Waals surface area contributed by atoms with Crippen molar-refractivity contribution in [1.82, 2.24) is 10.2 Å². The molecule has 0 bridgehead atoms. The van der Waals surface area contributed by atoms with Crippen molar-refractivity contribution in [3.05, 3.63) is 39.7 Å². The minimum Gasteiger partial charge on any atom is -0.314 e. The first-order valence-electron chi connectivity index (χ1n) is 5.41. The van der Waals surface area contributed by atoms with Gasteiger partial charge in [0.05, 0.1) is 11.0 Å². The fraction of sp³-hybridized carbons (Fsp3) is 0.455. The van der Waals surface area contributed by atoms with Gasteiger partial charge in [0.1, 0.15) is 5.82 Å². The van der Waals surface area contributed by atoms with Gasteiger partial charge in [-0.25, -0.2) is 4.39 Å². The molecule has 0 atom stereocenters. The SMILES string of the molecule is CN(Cc1ccc([N+](=O)[O-])cc1F)C1CNC1.Cl. The second kappa shape index (κ2) is 6.08. The highest BCUT2D eigenvalue weighted by atomic mass is 35.5. The van der Waals surface area contributed by atoms with Crippen molar-refractivity contribution < 1.29 is 9.31 Å². The van der Waals surface area contributed by atoms with E-state index in [4.69, 9.17) is 0 Å². The lowest BCUT2D eigenvalue weighted by atomic mass is 10.1. The van der Waals surface area contributed by atoms with Gasteiger partial charge in [0.25, 0.3) is 5.69 Å². The molecule has 0 saturated carbocycles. The lowest BCUT2D eigenvalue weighted by Gasteiger charge is -2.35. The summed E-state index contributed by atoms with van der Waals surface area (Å²) in [6, 6.07) is 4.22. The average Bonchev–Trinajstić information content (AvgIpc) is 2.18. The van der Waals surface area contributed by atoms with E-state index in [1.54, 1.807) is 0 Å². The van der Waals surface area contributed by atoms with Crippen LogP contribution in [0.25, 0.3) is 0 Å². The lowest BCUT2D eigenvalue weighted by Crippen LogP contribution is -2.55. The molecule has 2 rings (SSSR count). The van der Waals surface area contributed by atoms with Gasteiger partial charge in [0, 0.05) is 37.3 Å². The molecule has 100 valence electrons. The normalized spacial score (nSPS) is 15.1. The van der Waals surface area contributed by atoms with Crippen LogP contribution >= 0.6 is 12.4 Å². The van der Waals surface area contributed by atoms with Crippen LogP contribution in [-0.4, -0.2) is 36.0 Å². The molecule has 0 unspecified atom stereocenters. The summed E-state index contributed by atoms with van der Waals surface area (Å²) in [4.78, 5) is 11.9. The third kappa shape index (κ3) is 3.16. The summed E-state index contributed by atoms with van der Waals surface area (Å²) in [6.07, 6.45) is 0. The Morgan fingerprint density at radius 2 is 2.22 bits per heavy atom. The number of hydrogen-bond acceptors (Lipinski definition) is 4. The Bertz CT molecular complexity index is 440. The molecule has 7 heteroatoms. The number of likely N-dealkylation sites (N-methyl/N-ethyl adjacent to an activating group) is 1. The summed E-state index contributed by atoms with van der Waals surface area (Å²) in [5.74, 6) is -0.515. The largest absolute Gasteiger partial charge is 0.314 e. The fourth-order valence-electron chi connectivity index (χ4n) is 1.76. The molecule has 0 radical (unpaired) electrons. The van der Waals surface area contributed by atoms with Crippen LogP contribution in [0.4, 0.5) is 10.1 Å². The monoisotopic (exact) mass is 275 g/mol. The van der Waals surface area contributed by atoms with E-state index in [0.29, 0.717) is 18.2 Å². The average molecular weight is 276 g/mol. The van der Waals surface area contributed by atoms with Gasteiger partial charge < -0.3 is 5.32 Å². The van der Waals surface area contributed by atoms with Crippen molar-refractivity contribution in [3.8, 4) is 0 Å². The Hall–Kier alpha value is -1.24. The molecule has 1 saturated heterocycles. The van der Waals surface area contributed by atoms with E-state index in [1.165, 1.54) is 12.1 Å². The van der Waals surface area contributed by atoms with Crippen molar-refractivity contribution in [2.24, 2.45) is 0 Å². The summed E-state index contributed by atoms with van der Waals surface area (Å²) in [7, 11) is 1.92. The number of non-ortho nitro benzene ring substituents is 1. The van der Waals surface area contributed by atoms with E-state index in [1.807, 2.05) is 11.9 Å². The van der Waals surface area contributed by atoms with E-state index in [0.717, 1.165) is 19.2 Å². The molecule has 0 aromatic heterocycles. The third-order valence-electron chi connectivity index (χ3n) is 3.05. The molecule has 0 amide bonds. The molecule has 18 heavy (non-hydrogen) atoms. The Labute approximate surface area is 111 Å². The number of nitrogens with one attached hydrogen (secondary N) is 1. The second-order valence-corrected chi connectivity index (χ2v) is 4.26. The Morgan fingerprint density at radius 1 is 1.56 bits per heavy atom. The van der Waals surface area contributed by atoms with Crippen molar-refractivity contribution in [3.63, 3.8) is 0 Å². The van der Waals surface area contributed by atoms with Gasteiger partial charge in [-0.3, -0.25) is 15.0 Å². The smallest absolute Gasteiger partial charge is 0.272 e. The number of nitro benzene ring substituents is 1. The van der Waals surface area contributed by atoms with Gasteiger partial charge in [0.2, 0.25) is 0 Å². The van der Waals surface area contributed by atoms with E-state index in [2.05, 4.69) is 5.32 Å². The highest BCUT2D eigenvalue weighted by Gasteiger charge is 2.22. The molecule has 5 nitrogen and oxygen atoms in total. The number of nitro groups is 1. The number of nitrogens with zero attached hydrogens (tertiary/aromatic N) is 2. The number of benzene rings is 1. The van der Waals surface area contributed by atoms with Gasteiger partial charge in [-0.2, -0.15) is 0 Å². The standard InChI is InChI=1S/C11H14FN3O2.ClH/c1-14(10-5-13-6-10)7-8-2-3-9(15(16)17)4-11(8)12;/h2-4,10,13H,5-7H2,1H3;1H. The van der Waals surface area contributed by atoms with Crippen molar-refractivity contribution in [2.75, 3.05) is 20.1 Å². The lowest BCUT2D eigenvalue weighted by molar-refractivity contribution is -0.385. The van der Waals surface area contributed by atoms with Gasteiger partial charge in [0.15, 0.2) is 0 Å². The van der Waals surface area contributed by atoms with Gasteiger partial charge in [-0.15, -0.1) is 12.4 Å². The predicted molar refractivity (Wildman–Crippen MR) is 68.4 cm³/mol. The second-order valence-electron chi connectivity index (χ2n) is 4.26. The highest BCUT2D eigenvalue weighted by Crippen LogP contribution is 2.18. The van der Waals surface area contributed by atoms with Crippen LogP contribution in [0.2, 0.25) is 0 Å². The summed E-state index contributed by atoms with van der Waals surface area (Å²) in [5.41, 5.74) is 0.282. The minimum absolute atomic E-state index is 0. The maximum absolute atomic E-state index is 13.6. The Kier molecular flexibility index (Phi) is 5.01. The molecule has 1 aliphatic rings. The first kappa shape index (κ1) is 14.8. The Morgan fingerprint density at radius 3 is 2.67 bits per heavy atom. The molecule has 0 aliphatic carbocycles. The predicted octanol–water partition coefficient (Wildman–Crippen LogP) is 1.56. The highest BCUT2D eigenvalue weighted by molar-refractivity contribution is 5.85. The van der Waals surface area contributed by atoms with Crippen LogP contribution in [0.5, 0.6) is 0 Å². The molecule has 1 aromatic carbocycles. The molecule has 1 N–H and O–H groups in total. The van der Waals surface area contributed by atoms with E-state index < -0.39 is 10.7 Å². The molecule has 1 aliphatic heterocycles. The van der Waals surface area contributed by atoms with Gasteiger partial charge >= 0.3 is 0 Å². The summed E-state index contributed by atoms with van der Waals surface area (Å²) < 4.78 is 13.6. The topological polar surface area (TPSA) is 58.4 Å². The third-order valence-corrected chi connectivity index (χ3v) is 3.05. The molecule has 1 fully saturated rings. The zero-order valence-corrected chi connectivity index (χ0v) is 10.7. The van der Waals surface area contributed by atoms with Gasteiger partial charge in [-0.1, -0.05) is 0 Å². The zero-order chi connectivity index (χ0) is 12.4. The maximum atomic E-state index is 13.6. The summed E-state index contributed by atoms with van der Waals surface area (Å²) in [5, 5.41) is 13.6. The molecule has 0 spiro atoms. The molecule has 1 heterocycles. The first-order chi connectivity index (χ1) is 8.08. The van der Waals surface area contributed by atoms with Crippen LogP contribution in [0, 0.1) is 15.9 Å². The minimum atomic E-state index is -0.591. The van der Waals surface area contributed by atoms with Crippen molar-refractivity contribution >= 4 is 18.1 Å². The number of hydrogen-bond donors (Lipinski definition) is 1. The molecular weight excluding hydrogens is 261 g/mol. The Balaban J connectivity index is 0.00000162. The number of halogens is 2.